The molecular weight excluding hydrogens is 296 g/mol. The number of nitrogens with zero attached hydrogens (tertiary/aromatic N) is 1. The molecule has 1 N–H and O–H groups in total. The minimum atomic E-state index is 0.00472. The molecule has 3 rings (SSSR count). The largest absolute Gasteiger partial charge is 0.363 e. The van der Waals surface area contributed by atoms with Crippen molar-refractivity contribution in [2.75, 3.05) is 6.54 Å². The first-order valence-corrected chi connectivity index (χ1v) is 7.05. The van der Waals surface area contributed by atoms with Crippen molar-refractivity contribution in [3.05, 3.63) is 32.2 Å². The predicted molar refractivity (Wildman–Crippen MR) is 71.2 cm³/mol. The Hall–Kier alpha value is -1.10. The van der Waals surface area contributed by atoms with Crippen LogP contribution in [0, 0.1) is 11.8 Å². The van der Waals surface area contributed by atoms with E-state index in [0.717, 1.165) is 24.1 Å². The molecule has 1 fully saturated rings. The van der Waals surface area contributed by atoms with Crippen LogP contribution in [0.1, 0.15) is 24.6 Å². The fourth-order valence-electron chi connectivity index (χ4n) is 2.58. The first-order chi connectivity index (χ1) is 8.58. The molecule has 1 aromatic heterocycles. The number of aromatic nitrogens is 1. The average Bonchev–Trinajstić information content (AvgIpc) is 3.10. The van der Waals surface area contributed by atoms with Crippen molar-refractivity contribution in [1.29, 1.82) is 0 Å². The first-order valence-electron chi connectivity index (χ1n) is 6.25. The number of pyridine rings is 1. The number of H-pyrrole nitrogens is 1. The second-order valence-corrected chi connectivity index (χ2v) is 6.11. The third kappa shape index (κ3) is 1.90. The molecule has 0 radical (unpaired) electrons. The third-order valence-corrected chi connectivity index (χ3v) is 4.54. The lowest BCUT2D eigenvalue weighted by molar-refractivity contribution is -0.133. The maximum Gasteiger partial charge on any atom is 0.226 e. The zero-order valence-electron chi connectivity index (χ0n) is 10.2. The van der Waals surface area contributed by atoms with Crippen LogP contribution in [0.2, 0.25) is 0 Å². The summed E-state index contributed by atoms with van der Waals surface area (Å²) in [6.07, 6.45) is 3.42. The molecule has 2 atom stereocenters. The van der Waals surface area contributed by atoms with Crippen molar-refractivity contribution in [2.24, 2.45) is 11.8 Å². The van der Waals surface area contributed by atoms with E-state index < -0.39 is 0 Å². The van der Waals surface area contributed by atoms with Crippen molar-refractivity contribution in [3.8, 4) is 0 Å². The monoisotopic (exact) mass is 310 g/mol. The molecule has 2 aliphatic rings. The molecule has 1 aromatic rings. The van der Waals surface area contributed by atoms with Gasteiger partial charge in [0.1, 0.15) is 0 Å². The molecule has 1 saturated carbocycles. The molecule has 2 heterocycles. The quantitative estimate of drug-likeness (QED) is 0.858. The van der Waals surface area contributed by atoms with Gasteiger partial charge in [-0.3, -0.25) is 9.59 Å². The Labute approximate surface area is 114 Å². The number of amides is 1. The molecule has 1 aliphatic heterocycles. The van der Waals surface area contributed by atoms with Gasteiger partial charge in [0.25, 0.3) is 0 Å². The number of rotatable bonds is 1. The van der Waals surface area contributed by atoms with Crippen molar-refractivity contribution in [1.82, 2.24) is 9.88 Å². The van der Waals surface area contributed by atoms with E-state index in [1.54, 1.807) is 6.20 Å². The van der Waals surface area contributed by atoms with Gasteiger partial charge in [-0.2, -0.15) is 0 Å². The molecule has 0 bridgehead atoms. The normalized spacial score (nSPS) is 25.8. The Morgan fingerprint density at radius 2 is 2.28 bits per heavy atom. The average molecular weight is 311 g/mol. The summed E-state index contributed by atoms with van der Waals surface area (Å²) in [5.41, 5.74) is 1.71. The van der Waals surface area contributed by atoms with Crippen LogP contribution in [0.15, 0.2) is 15.5 Å². The van der Waals surface area contributed by atoms with Crippen LogP contribution in [0.25, 0.3) is 0 Å². The fraction of sp³-hybridized carbons (Fsp3) is 0.538. The van der Waals surface area contributed by atoms with E-state index in [9.17, 15) is 9.59 Å². The highest BCUT2D eigenvalue weighted by Gasteiger charge is 2.42. The van der Waals surface area contributed by atoms with Gasteiger partial charge >= 0.3 is 0 Å². The fourth-order valence-corrected chi connectivity index (χ4v) is 2.93. The van der Waals surface area contributed by atoms with Gasteiger partial charge in [-0.15, -0.1) is 0 Å². The van der Waals surface area contributed by atoms with Crippen LogP contribution in [-0.2, 0) is 17.8 Å². The summed E-state index contributed by atoms with van der Waals surface area (Å²) < 4.78 is 0.537. The van der Waals surface area contributed by atoms with Crippen molar-refractivity contribution in [2.45, 2.75) is 26.3 Å². The van der Waals surface area contributed by atoms with E-state index >= 15 is 0 Å². The van der Waals surface area contributed by atoms with Gasteiger partial charge in [0.15, 0.2) is 0 Å². The smallest absolute Gasteiger partial charge is 0.226 e. The van der Waals surface area contributed by atoms with E-state index in [2.05, 4.69) is 27.8 Å². The molecule has 1 aliphatic carbocycles. The lowest BCUT2D eigenvalue weighted by Gasteiger charge is -2.28. The Balaban J connectivity index is 1.86. The Morgan fingerprint density at radius 1 is 1.56 bits per heavy atom. The molecule has 0 saturated heterocycles. The topological polar surface area (TPSA) is 53.2 Å². The second-order valence-electron chi connectivity index (χ2n) is 5.25. The van der Waals surface area contributed by atoms with E-state index in [1.807, 2.05) is 4.90 Å². The third-order valence-electron chi connectivity index (χ3n) is 3.95. The molecule has 2 unspecified atom stereocenters. The Kier molecular flexibility index (Phi) is 2.81. The highest BCUT2D eigenvalue weighted by atomic mass is 79.9. The van der Waals surface area contributed by atoms with E-state index in [-0.39, 0.29) is 17.3 Å². The standard InChI is InChI=1S/C13H15BrN2O2/c1-7-4-8(7)13(18)16-3-2-11-9(6-16)12(17)10(14)5-15-11/h5,7-8H,2-4,6H2,1H3,(H,15,17). The van der Waals surface area contributed by atoms with Crippen LogP contribution in [-0.4, -0.2) is 22.3 Å². The highest BCUT2D eigenvalue weighted by Crippen LogP contribution is 2.39. The van der Waals surface area contributed by atoms with Crippen LogP contribution >= 0.6 is 15.9 Å². The summed E-state index contributed by atoms with van der Waals surface area (Å²) in [4.78, 5) is 29.2. The van der Waals surface area contributed by atoms with Crippen LogP contribution in [0.4, 0.5) is 0 Å². The first kappa shape index (κ1) is 12.0. The van der Waals surface area contributed by atoms with Gasteiger partial charge in [-0.25, -0.2) is 0 Å². The minimum Gasteiger partial charge on any atom is -0.363 e. The zero-order valence-corrected chi connectivity index (χ0v) is 11.8. The number of nitrogens with one attached hydrogen (secondary N) is 1. The lowest BCUT2D eigenvalue weighted by Crippen LogP contribution is -2.40. The number of halogens is 1. The van der Waals surface area contributed by atoms with E-state index in [4.69, 9.17) is 0 Å². The minimum absolute atomic E-state index is 0.00472. The Bertz CT molecular complexity index is 567. The molecule has 4 nitrogen and oxygen atoms in total. The highest BCUT2D eigenvalue weighted by molar-refractivity contribution is 9.10. The van der Waals surface area contributed by atoms with Gasteiger partial charge in [-0.05, 0) is 28.3 Å². The molecular formula is C13H15BrN2O2. The van der Waals surface area contributed by atoms with E-state index in [1.165, 1.54) is 0 Å². The summed E-state index contributed by atoms with van der Waals surface area (Å²) in [7, 11) is 0. The summed E-state index contributed by atoms with van der Waals surface area (Å²) in [6.45, 7) is 3.27. The second kappa shape index (κ2) is 4.23. The van der Waals surface area contributed by atoms with Crippen molar-refractivity contribution < 1.29 is 4.79 Å². The summed E-state index contributed by atoms with van der Waals surface area (Å²) in [6, 6.07) is 0. The Morgan fingerprint density at radius 3 is 2.94 bits per heavy atom. The van der Waals surface area contributed by atoms with Gasteiger partial charge in [0.05, 0.1) is 11.0 Å². The van der Waals surface area contributed by atoms with Crippen LogP contribution in [0.3, 0.4) is 0 Å². The molecule has 18 heavy (non-hydrogen) atoms. The molecule has 0 aromatic carbocycles. The molecule has 0 spiro atoms. The molecule has 1 amide bonds. The number of hydrogen-bond donors (Lipinski definition) is 1. The summed E-state index contributed by atoms with van der Waals surface area (Å²) >= 11 is 3.23. The molecule has 5 heteroatoms. The van der Waals surface area contributed by atoms with Gasteiger partial charge in [0.2, 0.25) is 11.3 Å². The van der Waals surface area contributed by atoms with Crippen molar-refractivity contribution >= 4 is 21.8 Å². The number of aromatic amines is 1. The maximum absolute atomic E-state index is 12.2. The summed E-state index contributed by atoms with van der Waals surface area (Å²) in [5, 5.41) is 0. The molecule has 96 valence electrons. The van der Waals surface area contributed by atoms with E-state index in [0.29, 0.717) is 23.5 Å². The maximum atomic E-state index is 12.2. The predicted octanol–water partition coefficient (Wildman–Crippen LogP) is 1.68. The van der Waals surface area contributed by atoms with Gasteiger partial charge in [0, 0.05) is 36.3 Å². The SMILES string of the molecule is CC1CC1C(=O)N1CCc2[nH]cc(Br)c(=O)c2C1. The number of fused-ring (bicyclic) bond motifs is 1. The van der Waals surface area contributed by atoms with Gasteiger partial charge in [-0.1, -0.05) is 6.92 Å². The number of carbonyl (C=O) groups excluding carboxylic acids is 1. The van der Waals surface area contributed by atoms with Crippen LogP contribution < -0.4 is 5.43 Å². The number of carbonyl (C=O) groups is 1. The lowest BCUT2D eigenvalue weighted by atomic mass is 10.0. The van der Waals surface area contributed by atoms with Gasteiger partial charge < -0.3 is 9.88 Å². The zero-order chi connectivity index (χ0) is 12.9. The summed E-state index contributed by atoms with van der Waals surface area (Å²) in [5.74, 6) is 0.921. The van der Waals surface area contributed by atoms with Crippen LogP contribution in [0.5, 0.6) is 0 Å². The van der Waals surface area contributed by atoms with Crippen molar-refractivity contribution in [3.63, 3.8) is 0 Å². The number of hydrogen-bond acceptors (Lipinski definition) is 2.